The van der Waals surface area contributed by atoms with Gasteiger partial charge in [0, 0.05) is 24.7 Å². The Morgan fingerprint density at radius 3 is 2.10 bits per heavy atom. The average molecular weight is 439 g/mol. The molecule has 1 fully saturated rings. The minimum atomic E-state index is -3.60. The predicted octanol–water partition coefficient (Wildman–Crippen LogP) is 3.44. The minimum absolute atomic E-state index is 0.0136. The van der Waals surface area contributed by atoms with Crippen molar-refractivity contribution in [2.75, 3.05) is 6.54 Å². The summed E-state index contributed by atoms with van der Waals surface area (Å²) in [6, 6.07) is 5.65. The van der Waals surface area contributed by atoms with Crippen molar-refractivity contribution in [3.8, 4) is 0 Å². The zero-order valence-electron chi connectivity index (χ0n) is 18.8. The first-order valence-corrected chi connectivity index (χ1v) is 12.1. The number of hydrogen-bond acceptors (Lipinski definition) is 5. The highest BCUT2D eigenvalue weighted by Gasteiger charge is 2.31. The zero-order chi connectivity index (χ0) is 22.6. The molecule has 0 aromatic heterocycles. The van der Waals surface area contributed by atoms with E-state index in [0.717, 1.165) is 19.3 Å². The summed E-state index contributed by atoms with van der Waals surface area (Å²) in [5, 5.41) is 0. The van der Waals surface area contributed by atoms with Gasteiger partial charge >= 0.3 is 5.97 Å². The smallest absolute Gasteiger partial charge is 0.338 e. The van der Waals surface area contributed by atoms with Gasteiger partial charge in [0.15, 0.2) is 6.10 Å². The molecule has 2 unspecified atom stereocenters. The Labute approximate surface area is 180 Å². The lowest BCUT2D eigenvalue weighted by atomic mass is 10.1. The summed E-state index contributed by atoms with van der Waals surface area (Å²) in [5.41, 5.74) is 0.209. The van der Waals surface area contributed by atoms with Gasteiger partial charge in [0.25, 0.3) is 5.91 Å². The number of sulfonamides is 1. The van der Waals surface area contributed by atoms with E-state index in [1.807, 2.05) is 34.6 Å². The highest BCUT2D eigenvalue weighted by atomic mass is 32.2. The molecule has 0 aliphatic carbocycles. The number of hydrogen-bond donors (Lipinski definition) is 0. The number of carbonyl (C=O) groups is 2. The highest BCUT2D eigenvalue weighted by molar-refractivity contribution is 7.89. The van der Waals surface area contributed by atoms with E-state index >= 15 is 0 Å². The second kappa shape index (κ2) is 9.92. The van der Waals surface area contributed by atoms with Gasteiger partial charge in [0.1, 0.15) is 0 Å². The largest absolute Gasteiger partial charge is 0.449 e. The number of amides is 1. The molecule has 7 nitrogen and oxygen atoms in total. The summed E-state index contributed by atoms with van der Waals surface area (Å²) >= 11 is 0. The van der Waals surface area contributed by atoms with Crippen molar-refractivity contribution in [2.45, 2.75) is 89.9 Å². The van der Waals surface area contributed by atoms with E-state index in [9.17, 15) is 18.0 Å². The van der Waals surface area contributed by atoms with E-state index in [4.69, 9.17) is 4.74 Å². The van der Waals surface area contributed by atoms with Crippen LogP contribution in [0.25, 0.3) is 0 Å². The number of rotatable bonds is 7. The molecule has 2 rings (SSSR count). The number of piperidine rings is 1. The third-order valence-corrected chi connectivity index (χ3v) is 7.47. The lowest BCUT2D eigenvalue weighted by molar-refractivity contribution is -0.143. The van der Waals surface area contributed by atoms with E-state index in [1.54, 1.807) is 11.8 Å². The Morgan fingerprint density at radius 1 is 1.03 bits per heavy atom. The van der Waals surface area contributed by atoms with Crippen LogP contribution in [-0.2, 0) is 19.6 Å². The third-order valence-electron chi connectivity index (χ3n) is 5.44. The summed E-state index contributed by atoms with van der Waals surface area (Å²) in [7, 11) is -3.60. The molecule has 30 heavy (non-hydrogen) atoms. The van der Waals surface area contributed by atoms with Crippen LogP contribution in [-0.4, -0.2) is 60.3 Å². The number of esters is 1. The van der Waals surface area contributed by atoms with Crippen molar-refractivity contribution in [3.63, 3.8) is 0 Å². The molecule has 0 saturated carbocycles. The molecule has 1 aromatic carbocycles. The molecule has 1 amide bonds. The van der Waals surface area contributed by atoms with E-state index in [-0.39, 0.29) is 34.5 Å². The van der Waals surface area contributed by atoms with Crippen LogP contribution in [0, 0.1) is 0 Å². The van der Waals surface area contributed by atoms with Gasteiger partial charge in [-0.1, -0.05) is 6.42 Å². The van der Waals surface area contributed by atoms with Gasteiger partial charge in [-0.25, -0.2) is 13.2 Å². The maximum absolute atomic E-state index is 12.9. The molecule has 1 aliphatic rings. The van der Waals surface area contributed by atoms with Crippen LogP contribution in [0.1, 0.15) is 71.2 Å². The Bertz CT molecular complexity index is 841. The van der Waals surface area contributed by atoms with Crippen molar-refractivity contribution >= 4 is 21.9 Å². The number of benzene rings is 1. The van der Waals surface area contributed by atoms with Gasteiger partial charge in [-0.3, -0.25) is 4.79 Å². The van der Waals surface area contributed by atoms with Crippen LogP contribution in [0.5, 0.6) is 0 Å². The predicted molar refractivity (Wildman–Crippen MR) is 116 cm³/mol. The molecule has 0 bridgehead atoms. The van der Waals surface area contributed by atoms with Crippen LogP contribution < -0.4 is 0 Å². The number of ether oxygens (including phenoxy) is 1. The topological polar surface area (TPSA) is 84.0 Å². The van der Waals surface area contributed by atoms with Crippen molar-refractivity contribution in [2.24, 2.45) is 0 Å². The van der Waals surface area contributed by atoms with E-state index in [0.29, 0.717) is 6.54 Å². The van der Waals surface area contributed by atoms with E-state index in [2.05, 4.69) is 0 Å². The van der Waals surface area contributed by atoms with Crippen molar-refractivity contribution < 1.29 is 22.7 Å². The van der Waals surface area contributed by atoms with Crippen LogP contribution in [0.2, 0.25) is 0 Å². The summed E-state index contributed by atoms with van der Waals surface area (Å²) < 4.78 is 32.7. The normalized spacial score (nSPS) is 19.0. The molecule has 0 spiro atoms. The van der Waals surface area contributed by atoms with Crippen molar-refractivity contribution in [1.29, 1.82) is 0 Å². The van der Waals surface area contributed by atoms with Crippen LogP contribution in [0.3, 0.4) is 0 Å². The molecule has 1 heterocycles. The summed E-state index contributed by atoms with van der Waals surface area (Å²) in [5.74, 6) is -0.912. The molecule has 2 atom stereocenters. The lowest BCUT2D eigenvalue weighted by Crippen LogP contribution is -2.47. The van der Waals surface area contributed by atoms with Gasteiger partial charge in [-0.2, -0.15) is 4.31 Å². The lowest BCUT2D eigenvalue weighted by Gasteiger charge is -2.32. The fourth-order valence-electron chi connectivity index (χ4n) is 3.92. The fraction of sp³-hybridized carbons (Fsp3) is 0.636. The third kappa shape index (κ3) is 5.40. The summed E-state index contributed by atoms with van der Waals surface area (Å²) in [4.78, 5) is 27.0. The van der Waals surface area contributed by atoms with Crippen LogP contribution in [0.15, 0.2) is 29.2 Å². The number of nitrogens with zero attached hydrogens (tertiary/aromatic N) is 2. The molecular weight excluding hydrogens is 404 g/mol. The van der Waals surface area contributed by atoms with Gasteiger partial charge in [0.05, 0.1) is 10.5 Å². The second-order valence-corrected chi connectivity index (χ2v) is 10.4. The van der Waals surface area contributed by atoms with Crippen LogP contribution >= 0.6 is 0 Å². The first-order valence-electron chi connectivity index (χ1n) is 10.6. The Kier molecular flexibility index (Phi) is 8.05. The molecule has 0 radical (unpaired) electrons. The maximum atomic E-state index is 12.9. The van der Waals surface area contributed by atoms with E-state index < -0.39 is 22.1 Å². The van der Waals surface area contributed by atoms with Gasteiger partial charge < -0.3 is 9.64 Å². The molecule has 1 aliphatic heterocycles. The molecule has 168 valence electrons. The standard InChI is InChI=1S/C22H34N2O5S/c1-15(2)24(16(3)4)21(25)18(6)29-22(26)19-10-12-20(13-11-19)30(27,28)23-14-8-7-9-17(23)5/h10-13,15-18H,7-9,14H2,1-6H3. The second-order valence-electron chi connectivity index (χ2n) is 8.47. The van der Waals surface area contributed by atoms with Crippen molar-refractivity contribution in [3.05, 3.63) is 29.8 Å². The minimum Gasteiger partial charge on any atom is -0.449 e. The van der Waals surface area contributed by atoms with Gasteiger partial charge in [-0.05, 0) is 78.6 Å². The van der Waals surface area contributed by atoms with Gasteiger partial charge in [0.2, 0.25) is 10.0 Å². The number of carbonyl (C=O) groups excluding carboxylic acids is 2. The van der Waals surface area contributed by atoms with E-state index in [1.165, 1.54) is 28.6 Å². The SMILES string of the molecule is CC(OC(=O)c1ccc(S(=O)(=O)N2CCCCC2C)cc1)C(=O)N(C(C)C)C(C)C. The molecule has 1 saturated heterocycles. The monoisotopic (exact) mass is 438 g/mol. The molecule has 8 heteroatoms. The first kappa shape index (κ1) is 24.3. The summed E-state index contributed by atoms with van der Waals surface area (Å²) in [6.45, 7) is 11.6. The molecule has 1 aromatic rings. The Hall–Kier alpha value is -1.93. The highest BCUT2D eigenvalue weighted by Crippen LogP contribution is 2.25. The Balaban J connectivity index is 2.10. The summed E-state index contributed by atoms with van der Waals surface area (Å²) in [6.07, 6.45) is 1.79. The fourth-order valence-corrected chi connectivity index (χ4v) is 5.62. The molecular formula is C22H34N2O5S. The first-order chi connectivity index (χ1) is 14.0. The van der Waals surface area contributed by atoms with Crippen LogP contribution in [0.4, 0.5) is 0 Å². The van der Waals surface area contributed by atoms with Crippen molar-refractivity contribution in [1.82, 2.24) is 9.21 Å². The maximum Gasteiger partial charge on any atom is 0.338 e. The quantitative estimate of drug-likeness (QED) is 0.609. The molecule has 0 N–H and O–H groups in total. The Morgan fingerprint density at radius 2 is 1.60 bits per heavy atom. The zero-order valence-corrected chi connectivity index (χ0v) is 19.6. The average Bonchev–Trinajstić information content (AvgIpc) is 2.67. The van der Waals surface area contributed by atoms with Gasteiger partial charge in [-0.15, -0.1) is 0 Å².